The molecule has 4 N–H and O–H groups in total. The normalized spacial score (nSPS) is 10.2. The monoisotopic (exact) mass is 251 g/mol. The van der Waals surface area contributed by atoms with Crippen LogP contribution in [0.4, 0.5) is 5.82 Å². The largest absolute Gasteiger partial charge is 0.384 e. The first-order valence-electron chi connectivity index (χ1n) is 4.74. The highest BCUT2D eigenvalue weighted by molar-refractivity contribution is 7.89. The van der Waals surface area contributed by atoms with Gasteiger partial charge >= 0.3 is 0 Å². The van der Waals surface area contributed by atoms with Crippen molar-refractivity contribution in [2.75, 3.05) is 5.73 Å². The number of sulfonamides is 1. The van der Waals surface area contributed by atoms with Gasteiger partial charge in [-0.3, -0.25) is 0 Å². The Morgan fingerprint density at radius 1 is 0.941 bits per heavy atom. The second kappa shape index (κ2) is 5.97. The smallest absolute Gasteiger partial charge is 0.238 e. The average Bonchev–Trinajstić information content (AvgIpc) is 2.31. The number of rotatable bonds is 1. The molecule has 17 heavy (non-hydrogen) atoms. The fraction of sp³-hybridized carbons (Fsp3) is 0. The van der Waals surface area contributed by atoms with Crippen molar-refractivity contribution in [3.8, 4) is 0 Å². The van der Waals surface area contributed by atoms with Crippen molar-refractivity contribution >= 4 is 15.8 Å². The SMILES string of the molecule is NS(=O)(=O)c1ccccc1.Nc1ccccn1. The molecule has 0 aliphatic rings. The molecule has 2 rings (SSSR count). The maximum Gasteiger partial charge on any atom is 0.238 e. The zero-order valence-electron chi connectivity index (χ0n) is 9.02. The highest BCUT2D eigenvalue weighted by Gasteiger charge is 2.03. The van der Waals surface area contributed by atoms with E-state index < -0.39 is 10.0 Å². The summed E-state index contributed by atoms with van der Waals surface area (Å²) in [6, 6.07) is 13.3. The Kier molecular flexibility index (Phi) is 4.62. The lowest BCUT2D eigenvalue weighted by Crippen LogP contribution is -2.11. The van der Waals surface area contributed by atoms with E-state index >= 15 is 0 Å². The van der Waals surface area contributed by atoms with Crippen LogP contribution in [0.5, 0.6) is 0 Å². The van der Waals surface area contributed by atoms with Crippen molar-refractivity contribution in [3.63, 3.8) is 0 Å². The number of nitrogen functional groups attached to an aromatic ring is 1. The highest BCUT2D eigenvalue weighted by Crippen LogP contribution is 2.03. The quantitative estimate of drug-likeness (QED) is 0.789. The van der Waals surface area contributed by atoms with E-state index in [1.54, 1.807) is 30.5 Å². The van der Waals surface area contributed by atoms with Crippen LogP contribution in [0, 0.1) is 0 Å². The minimum Gasteiger partial charge on any atom is -0.384 e. The van der Waals surface area contributed by atoms with Crippen LogP contribution in [0.1, 0.15) is 0 Å². The predicted molar refractivity (Wildman–Crippen MR) is 66.5 cm³/mol. The van der Waals surface area contributed by atoms with Gasteiger partial charge in [-0.25, -0.2) is 18.5 Å². The summed E-state index contributed by atoms with van der Waals surface area (Å²) in [5, 5.41) is 4.83. The Bertz CT molecular complexity index is 541. The van der Waals surface area contributed by atoms with Crippen molar-refractivity contribution in [2.45, 2.75) is 4.90 Å². The van der Waals surface area contributed by atoms with E-state index in [1.165, 1.54) is 12.1 Å². The summed E-state index contributed by atoms with van der Waals surface area (Å²) in [6.07, 6.45) is 1.66. The molecule has 1 aromatic carbocycles. The standard InChI is InChI=1S/C6H7NO2S.C5H6N2/c7-10(8,9)6-4-2-1-3-5-6;6-5-3-1-2-4-7-5/h1-5H,(H2,7,8,9);1-4H,(H2,6,7). The van der Waals surface area contributed by atoms with E-state index in [-0.39, 0.29) is 4.90 Å². The lowest BCUT2D eigenvalue weighted by atomic mass is 10.4. The summed E-state index contributed by atoms with van der Waals surface area (Å²) in [5.41, 5.74) is 5.25. The molecule has 0 aliphatic heterocycles. The van der Waals surface area contributed by atoms with Crippen LogP contribution in [0.15, 0.2) is 59.6 Å². The van der Waals surface area contributed by atoms with Crippen LogP contribution in [0.3, 0.4) is 0 Å². The zero-order valence-corrected chi connectivity index (χ0v) is 9.84. The number of anilines is 1. The maximum absolute atomic E-state index is 10.6. The number of benzene rings is 1. The third-order valence-corrected chi connectivity index (χ3v) is 2.69. The molecule has 0 aliphatic carbocycles. The number of hydrogen-bond acceptors (Lipinski definition) is 4. The third-order valence-electron chi connectivity index (χ3n) is 1.76. The van der Waals surface area contributed by atoms with Gasteiger partial charge in [0.1, 0.15) is 5.82 Å². The molecule has 6 heteroatoms. The summed E-state index contributed by atoms with van der Waals surface area (Å²) in [7, 11) is -3.50. The Balaban J connectivity index is 0.000000181. The molecule has 90 valence electrons. The van der Waals surface area contributed by atoms with Gasteiger partial charge in [-0.05, 0) is 24.3 Å². The summed E-state index contributed by atoms with van der Waals surface area (Å²) in [6.45, 7) is 0. The van der Waals surface area contributed by atoms with Crippen LogP contribution < -0.4 is 10.9 Å². The number of hydrogen-bond donors (Lipinski definition) is 2. The second-order valence-electron chi connectivity index (χ2n) is 3.11. The van der Waals surface area contributed by atoms with Gasteiger partial charge in [0, 0.05) is 6.20 Å². The number of aromatic nitrogens is 1. The van der Waals surface area contributed by atoms with E-state index in [1.807, 2.05) is 12.1 Å². The molecule has 0 saturated carbocycles. The maximum atomic E-state index is 10.6. The fourth-order valence-corrected chi connectivity index (χ4v) is 1.52. The number of nitrogens with two attached hydrogens (primary N) is 2. The Morgan fingerprint density at radius 3 is 1.82 bits per heavy atom. The molecule has 2 aromatic rings. The Morgan fingerprint density at radius 2 is 1.53 bits per heavy atom. The Hall–Kier alpha value is -1.92. The molecule has 0 saturated heterocycles. The van der Waals surface area contributed by atoms with Crippen LogP contribution in [-0.2, 0) is 10.0 Å². The van der Waals surface area contributed by atoms with Crippen molar-refractivity contribution in [1.82, 2.24) is 4.98 Å². The van der Waals surface area contributed by atoms with Gasteiger partial charge in [0.05, 0.1) is 4.90 Å². The summed E-state index contributed by atoms with van der Waals surface area (Å²) >= 11 is 0. The van der Waals surface area contributed by atoms with Crippen LogP contribution >= 0.6 is 0 Å². The molecule has 0 spiro atoms. The first kappa shape index (κ1) is 13.1. The fourth-order valence-electron chi connectivity index (χ4n) is 0.986. The van der Waals surface area contributed by atoms with Gasteiger partial charge in [-0.1, -0.05) is 24.3 Å². The van der Waals surface area contributed by atoms with Crippen LogP contribution in [0.25, 0.3) is 0 Å². The molecule has 5 nitrogen and oxygen atoms in total. The molecule has 0 bridgehead atoms. The van der Waals surface area contributed by atoms with E-state index in [0.717, 1.165) is 0 Å². The third kappa shape index (κ3) is 5.10. The van der Waals surface area contributed by atoms with E-state index in [0.29, 0.717) is 5.82 Å². The average molecular weight is 251 g/mol. The van der Waals surface area contributed by atoms with Gasteiger partial charge in [0.25, 0.3) is 0 Å². The molecule has 1 heterocycles. The van der Waals surface area contributed by atoms with Gasteiger partial charge in [0.2, 0.25) is 10.0 Å². The molecule has 0 unspecified atom stereocenters. The minimum atomic E-state index is -3.50. The van der Waals surface area contributed by atoms with Crippen LogP contribution in [-0.4, -0.2) is 13.4 Å². The van der Waals surface area contributed by atoms with E-state index in [4.69, 9.17) is 10.9 Å². The van der Waals surface area contributed by atoms with Crippen molar-refractivity contribution in [1.29, 1.82) is 0 Å². The first-order valence-corrected chi connectivity index (χ1v) is 6.29. The number of primary sulfonamides is 1. The molecular weight excluding hydrogens is 238 g/mol. The van der Waals surface area contributed by atoms with Gasteiger partial charge in [-0.2, -0.15) is 0 Å². The number of nitrogens with zero attached hydrogens (tertiary/aromatic N) is 1. The lowest BCUT2D eigenvalue weighted by molar-refractivity contribution is 0.598. The topological polar surface area (TPSA) is 99.1 Å². The molecular formula is C11H13N3O2S. The summed E-state index contributed by atoms with van der Waals surface area (Å²) in [4.78, 5) is 3.91. The van der Waals surface area contributed by atoms with Gasteiger partial charge in [-0.15, -0.1) is 0 Å². The highest BCUT2D eigenvalue weighted by atomic mass is 32.2. The molecule has 0 fully saturated rings. The minimum absolute atomic E-state index is 0.148. The predicted octanol–water partition coefficient (Wildman–Crippen LogP) is 0.998. The second-order valence-corrected chi connectivity index (χ2v) is 4.67. The van der Waals surface area contributed by atoms with Gasteiger partial charge in [0.15, 0.2) is 0 Å². The molecule has 0 amide bonds. The molecule has 0 atom stereocenters. The summed E-state index contributed by atoms with van der Waals surface area (Å²) in [5.74, 6) is 0.572. The van der Waals surface area contributed by atoms with E-state index in [9.17, 15) is 8.42 Å². The van der Waals surface area contributed by atoms with E-state index in [2.05, 4.69) is 4.98 Å². The van der Waals surface area contributed by atoms with Crippen LogP contribution in [0.2, 0.25) is 0 Å². The van der Waals surface area contributed by atoms with Gasteiger partial charge < -0.3 is 5.73 Å². The molecule has 0 radical (unpaired) electrons. The number of pyridine rings is 1. The van der Waals surface area contributed by atoms with Crippen molar-refractivity contribution in [2.24, 2.45) is 5.14 Å². The first-order chi connectivity index (χ1) is 8.00. The van der Waals surface area contributed by atoms with Crippen molar-refractivity contribution < 1.29 is 8.42 Å². The molecule has 1 aromatic heterocycles. The summed E-state index contributed by atoms with van der Waals surface area (Å²) < 4.78 is 21.2. The lowest BCUT2D eigenvalue weighted by Gasteiger charge is -1.93. The Labute approximate surface area is 100 Å². The van der Waals surface area contributed by atoms with Crippen molar-refractivity contribution in [3.05, 3.63) is 54.7 Å². The zero-order chi connectivity index (χ0) is 12.7.